The predicted molar refractivity (Wildman–Crippen MR) is 104 cm³/mol. The molecule has 0 radical (unpaired) electrons. The van der Waals surface area contributed by atoms with Gasteiger partial charge in [-0.15, -0.1) is 0 Å². The highest BCUT2D eigenvalue weighted by Gasteiger charge is 2.35. The summed E-state index contributed by atoms with van der Waals surface area (Å²) in [6.07, 6.45) is 1.61. The van der Waals surface area contributed by atoms with Crippen molar-refractivity contribution in [3.8, 4) is 5.75 Å². The van der Waals surface area contributed by atoms with E-state index < -0.39 is 0 Å². The fourth-order valence-corrected chi connectivity index (χ4v) is 3.92. The molecule has 0 aromatic heterocycles. The van der Waals surface area contributed by atoms with Gasteiger partial charge in [0.1, 0.15) is 5.75 Å². The lowest BCUT2D eigenvalue weighted by atomic mass is 10.2. The number of halogens is 3. The highest BCUT2D eigenvalue weighted by Crippen LogP contribution is 2.35. The molecule has 0 aliphatic carbocycles. The van der Waals surface area contributed by atoms with Gasteiger partial charge in [0.15, 0.2) is 0 Å². The van der Waals surface area contributed by atoms with Gasteiger partial charge in [-0.05, 0) is 69.2 Å². The molecule has 1 saturated heterocycles. The van der Waals surface area contributed by atoms with Crippen LogP contribution in [0.2, 0.25) is 10.0 Å². The molecule has 1 heterocycles. The largest absolute Gasteiger partial charge is 0.507 e. The Morgan fingerprint density at radius 1 is 1.16 bits per heavy atom. The fourth-order valence-electron chi connectivity index (χ4n) is 2.22. The zero-order chi connectivity index (χ0) is 18.1. The maximum Gasteiger partial charge on any atom is 0.293 e. The monoisotopic (exact) mass is 457 g/mol. The average Bonchev–Trinajstić information content (AvgIpc) is 2.81. The minimum absolute atomic E-state index is 0.0806. The number of carbonyl (C=O) groups is 2. The van der Waals surface area contributed by atoms with Crippen molar-refractivity contribution >= 4 is 68.1 Å². The molecule has 2 aromatic rings. The van der Waals surface area contributed by atoms with Crippen molar-refractivity contribution in [3.63, 3.8) is 0 Å². The number of thioether (sulfide) groups is 1. The van der Waals surface area contributed by atoms with Gasteiger partial charge in [0, 0.05) is 10.0 Å². The van der Waals surface area contributed by atoms with E-state index in [9.17, 15) is 14.7 Å². The zero-order valence-electron chi connectivity index (χ0n) is 12.5. The maximum absolute atomic E-state index is 12.5. The molecule has 0 unspecified atom stereocenters. The first-order chi connectivity index (χ1) is 11.8. The van der Waals surface area contributed by atoms with Crippen LogP contribution < -0.4 is 0 Å². The number of aromatic hydroxyl groups is 1. The van der Waals surface area contributed by atoms with Crippen LogP contribution in [0.25, 0.3) is 6.08 Å². The predicted octanol–water partition coefficient (Wildman–Crippen LogP) is 5.70. The lowest BCUT2D eigenvalue weighted by Crippen LogP contribution is -2.27. The Bertz CT molecular complexity index is 917. The summed E-state index contributed by atoms with van der Waals surface area (Å²) in [6, 6.07) is 9.75. The number of phenolic OH excluding ortho intramolecular Hbond substituents is 1. The highest BCUT2D eigenvalue weighted by molar-refractivity contribution is 9.10. The molecule has 25 heavy (non-hydrogen) atoms. The minimum atomic E-state index is -0.384. The molecule has 0 atom stereocenters. The van der Waals surface area contributed by atoms with E-state index in [2.05, 4.69) is 15.9 Å². The second-order valence-corrected chi connectivity index (χ2v) is 7.91. The third-order valence-corrected chi connectivity index (χ3v) is 5.62. The summed E-state index contributed by atoms with van der Waals surface area (Å²) in [5, 5.41) is 10.1. The molecule has 2 amide bonds. The third kappa shape index (κ3) is 4.03. The number of hydrogen-bond acceptors (Lipinski definition) is 4. The van der Waals surface area contributed by atoms with Crippen molar-refractivity contribution in [2.45, 2.75) is 6.54 Å². The maximum atomic E-state index is 12.5. The minimum Gasteiger partial charge on any atom is -0.507 e. The molecule has 4 nitrogen and oxygen atoms in total. The molecule has 8 heteroatoms. The zero-order valence-corrected chi connectivity index (χ0v) is 16.4. The standard InChI is InChI=1S/C17H10BrCl2NO3S/c18-12-5-9(1-4-14(12)22)6-15-16(23)21(17(24)25-15)8-10-2-3-11(19)7-13(10)20/h1-7,22H,8H2/b15-6-. The second-order valence-electron chi connectivity index (χ2n) is 5.21. The first-order valence-corrected chi connectivity index (χ1v) is 9.39. The van der Waals surface area contributed by atoms with Crippen LogP contribution in [-0.4, -0.2) is 21.2 Å². The Morgan fingerprint density at radius 2 is 1.92 bits per heavy atom. The van der Waals surface area contributed by atoms with Crippen LogP contribution in [0.1, 0.15) is 11.1 Å². The average molecular weight is 459 g/mol. The lowest BCUT2D eigenvalue weighted by Gasteiger charge is -2.13. The summed E-state index contributed by atoms with van der Waals surface area (Å²) in [5.74, 6) is -0.284. The number of imide groups is 1. The highest BCUT2D eigenvalue weighted by atomic mass is 79.9. The Labute approximate surface area is 166 Å². The van der Waals surface area contributed by atoms with Crippen LogP contribution in [0.4, 0.5) is 4.79 Å². The number of nitrogens with zero attached hydrogens (tertiary/aromatic N) is 1. The Morgan fingerprint density at radius 3 is 2.60 bits per heavy atom. The van der Waals surface area contributed by atoms with E-state index in [1.54, 1.807) is 36.4 Å². The molecule has 128 valence electrons. The number of hydrogen-bond donors (Lipinski definition) is 1. The van der Waals surface area contributed by atoms with Gasteiger partial charge in [0.05, 0.1) is 15.9 Å². The van der Waals surface area contributed by atoms with Crippen LogP contribution in [0.15, 0.2) is 45.8 Å². The summed E-state index contributed by atoms with van der Waals surface area (Å²) < 4.78 is 0.508. The molecule has 3 rings (SSSR count). The van der Waals surface area contributed by atoms with Crippen LogP contribution in [0, 0.1) is 0 Å². The molecule has 0 saturated carbocycles. The van der Waals surface area contributed by atoms with E-state index in [0.717, 1.165) is 16.7 Å². The topological polar surface area (TPSA) is 57.6 Å². The second kappa shape index (κ2) is 7.41. The van der Waals surface area contributed by atoms with Crippen LogP contribution >= 0.6 is 50.9 Å². The molecule has 0 bridgehead atoms. The van der Waals surface area contributed by atoms with E-state index in [-0.39, 0.29) is 23.4 Å². The lowest BCUT2D eigenvalue weighted by molar-refractivity contribution is -0.123. The number of benzene rings is 2. The molecular weight excluding hydrogens is 449 g/mol. The normalized spacial score (nSPS) is 16.1. The molecule has 1 aliphatic heterocycles. The van der Waals surface area contributed by atoms with E-state index in [1.165, 1.54) is 6.07 Å². The van der Waals surface area contributed by atoms with Crippen molar-refractivity contribution in [1.82, 2.24) is 4.90 Å². The summed E-state index contributed by atoms with van der Waals surface area (Å²) in [4.78, 5) is 26.2. The number of rotatable bonds is 3. The van der Waals surface area contributed by atoms with Crippen molar-refractivity contribution < 1.29 is 14.7 Å². The van der Waals surface area contributed by atoms with Crippen LogP contribution in [-0.2, 0) is 11.3 Å². The molecule has 1 fully saturated rings. The third-order valence-electron chi connectivity index (χ3n) is 3.49. The van der Waals surface area contributed by atoms with Gasteiger partial charge in [0.2, 0.25) is 0 Å². The Hall–Kier alpha value is -1.47. The first-order valence-electron chi connectivity index (χ1n) is 7.03. The summed E-state index contributed by atoms with van der Waals surface area (Å²) >= 11 is 16.1. The van der Waals surface area contributed by atoms with Gasteiger partial charge in [-0.1, -0.05) is 35.3 Å². The van der Waals surface area contributed by atoms with E-state index >= 15 is 0 Å². The van der Waals surface area contributed by atoms with Crippen molar-refractivity contribution in [2.24, 2.45) is 0 Å². The quantitative estimate of drug-likeness (QED) is 0.599. The number of phenols is 1. The van der Waals surface area contributed by atoms with Gasteiger partial charge in [-0.3, -0.25) is 14.5 Å². The molecular formula is C17H10BrCl2NO3S. The van der Waals surface area contributed by atoms with Crippen LogP contribution in [0.3, 0.4) is 0 Å². The first kappa shape index (κ1) is 18.3. The number of amides is 2. The van der Waals surface area contributed by atoms with E-state index in [4.69, 9.17) is 23.2 Å². The summed E-state index contributed by atoms with van der Waals surface area (Å²) in [7, 11) is 0. The fraction of sp³-hybridized carbons (Fsp3) is 0.0588. The Balaban J connectivity index is 1.84. The van der Waals surface area contributed by atoms with Gasteiger partial charge < -0.3 is 5.11 Å². The molecule has 1 N–H and O–H groups in total. The SMILES string of the molecule is O=C1S/C(=C\c2ccc(O)c(Br)c2)C(=O)N1Cc1ccc(Cl)cc1Cl. The molecule has 2 aromatic carbocycles. The molecule has 1 aliphatic rings. The van der Waals surface area contributed by atoms with Gasteiger partial charge in [-0.2, -0.15) is 0 Å². The van der Waals surface area contributed by atoms with Gasteiger partial charge >= 0.3 is 0 Å². The van der Waals surface area contributed by atoms with Crippen molar-refractivity contribution in [1.29, 1.82) is 0 Å². The van der Waals surface area contributed by atoms with E-state index in [0.29, 0.717) is 30.6 Å². The summed E-state index contributed by atoms with van der Waals surface area (Å²) in [6.45, 7) is 0.0806. The van der Waals surface area contributed by atoms with Gasteiger partial charge in [0.25, 0.3) is 11.1 Å². The van der Waals surface area contributed by atoms with Crippen molar-refractivity contribution in [2.75, 3.05) is 0 Å². The number of carbonyl (C=O) groups excluding carboxylic acids is 2. The van der Waals surface area contributed by atoms with Crippen molar-refractivity contribution in [3.05, 3.63) is 66.9 Å². The van der Waals surface area contributed by atoms with E-state index in [1.807, 2.05) is 0 Å². The molecule has 0 spiro atoms. The van der Waals surface area contributed by atoms with Crippen LogP contribution in [0.5, 0.6) is 5.75 Å². The van der Waals surface area contributed by atoms with Gasteiger partial charge in [-0.25, -0.2) is 0 Å². The Kier molecular flexibility index (Phi) is 5.43. The summed E-state index contributed by atoms with van der Waals surface area (Å²) in [5.41, 5.74) is 1.33. The smallest absolute Gasteiger partial charge is 0.293 e.